The first kappa shape index (κ1) is 11.0. The summed E-state index contributed by atoms with van der Waals surface area (Å²) < 4.78 is 0. The van der Waals surface area contributed by atoms with Crippen molar-refractivity contribution in [2.24, 2.45) is 10.8 Å². The molecule has 1 aliphatic rings. The fraction of sp³-hybridized carbons (Fsp3) is 0.429. The van der Waals surface area contributed by atoms with Gasteiger partial charge >= 0.3 is 12.1 Å². The number of imide groups is 1. The Morgan fingerprint density at radius 3 is 2.67 bits per heavy atom. The predicted molar refractivity (Wildman–Crippen MR) is 50.9 cm³/mol. The van der Waals surface area contributed by atoms with Crippen LogP contribution < -0.4 is 16.5 Å². The molecular weight excluding hydrogens is 202 g/mol. The number of rotatable bonds is 2. The van der Waals surface area contributed by atoms with E-state index in [9.17, 15) is 14.4 Å². The van der Waals surface area contributed by atoms with Gasteiger partial charge in [0.15, 0.2) is 5.54 Å². The van der Waals surface area contributed by atoms with Crippen LogP contribution in [0.4, 0.5) is 9.59 Å². The van der Waals surface area contributed by atoms with E-state index in [4.69, 9.17) is 5.73 Å². The third-order valence-corrected chi connectivity index (χ3v) is 1.92. The van der Waals surface area contributed by atoms with E-state index in [1.807, 2.05) is 5.43 Å². The topological polar surface area (TPSA) is 117 Å². The maximum absolute atomic E-state index is 11.5. The van der Waals surface area contributed by atoms with E-state index in [-0.39, 0.29) is 0 Å². The summed E-state index contributed by atoms with van der Waals surface area (Å²) in [6, 6.07) is -1.37. The summed E-state index contributed by atoms with van der Waals surface area (Å²) in [6.07, 6.45) is 1.11. The molecule has 0 bridgehead atoms. The van der Waals surface area contributed by atoms with Crippen molar-refractivity contribution in [3.8, 4) is 0 Å². The molecule has 1 saturated heterocycles. The van der Waals surface area contributed by atoms with Gasteiger partial charge in [0.25, 0.3) is 5.91 Å². The number of hydrazone groups is 1. The van der Waals surface area contributed by atoms with Crippen molar-refractivity contribution in [3.63, 3.8) is 0 Å². The molecule has 1 fully saturated rings. The molecule has 5 amide bonds. The highest BCUT2D eigenvalue weighted by Crippen LogP contribution is 2.13. The summed E-state index contributed by atoms with van der Waals surface area (Å²) in [5.41, 5.74) is 5.46. The van der Waals surface area contributed by atoms with Gasteiger partial charge in [-0.25, -0.2) is 15.0 Å². The van der Waals surface area contributed by atoms with Crippen LogP contribution in [0.3, 0.4) is 0 Å². The Kier molecular flexibility index (Phi) is 2.60. The van der Waals surface area contributed by atoms with Crippen molar-refractivity contribution in [1.29, 1.82) is 0 Å². The van der Waals surface area contributed by atoms with E-state index in [1.165, 1.54) is 14.0 Å². The first-order valence-corrected chi connectivity index (χ1v) is 4.07. The minimum absolute atomic E-state index is 0.456. The van der Waals surface area contributed by atoms with E-state index in [0.29, 0.717) is 0 Å². The summed E-state index contributed by atoms with van der Waals surface area (Å²) in [7, 11) is 1.35. The molecule has 0 radical (unpaired) electrons. The van der Waals surface area contributed by atoms with E-state index < -0.39 is 23.5 Å². The quantitative estimate of drug-likeness (QED) is 0.297. The molecule has 0 aromatic rings. The van der Waals surface area contributed by atoms with Crippen LogP contribution >= 0.6 is 0 Å². The molecule has 1 atom stereocenters. The summed E-state index contributed by atoms with van der Waals surface area (Å²) in [5.74, 6) is -0.456. The number of amides is 5. The third kappa shape index (κ3) is 2.03. The lowest BCUT2D eigenvalue weighted by molar-refractivity contribution is -0.127. The molecule has 4 N–H and O–H groups in total. The van der Waals surface area contributed by atoms with E-state index in [0.717, 1.165) is 11.1 Å². The lowest BCUT2D eigenvalue weighted by atomic mass is 10.1. The number of nitrogens with one attached hydrogen (secondary N) is 2. The molecule has 0 saturated carbocycles. The molecule has 1 heterocycles. The smallest absolute Gasteiger partial charge is 0.332 e. The van der Waals surface area contributed by atoms with Crippen LogP contribution in [0.2, 0.25) is 0 Å². The number of likely N-dealkylation sites (N-methyl/N-ethyl adjacent to an activating group) is 1. The van der Waals surface area contributed by atoms with Gasteiger partial charge in [0.1, 0.15) is 0 Å². The van der Waals surface area contributed by atoms with Gasteiger partial charge < -0.3 is 11.1 Å². The Balaban J connectivity index is 2.76. The second-order valence-corrected chi connectivity index (χ2v) is 3.23. The maximum atomic E-state index is 11.5. The standard InChI is InChI=1S/C7H11N5O3/c1-7(3-9-11-5(8)14)4(13)12(2)6(15)10-7/h3H,1-2H3,(H,10,15)(H3,8,11,14)/b9-3-/t7-/m0/s1. The van der Waals surface area contributed by atoms with Crippen LogP contribution in [0, 0.1) is 0 Å². The highest BCUT2D eigenvalue weighted by atomic mass is 16.2. The highest BCUT2D eigenvalue weighted by molar-refractivity contribution is 6.15. The number of hydrogen-bond donors (Lipinski definition) is 3. The normalized spacial score (nSPS) is 25.9. The average Bonchev–Trinajstić information content (AvgIpc) is 2.30. The Morgan fingerprint density at radius 1 is 1.67 bits per heavy atom. The van der Waals surface area contributed by atoms with Gasteiger partial charge in [-0.15, -0.1) is 0 Å². The van der Waals surface area contributed by atoms with Crippen molar-refractivity contribution < 1.29 is 14.4 Å². The molecule has 8 nitrogen and oxygen atoms in total. The van der Waals surface area contributed by atoms with Crippen molar-refractivity contribution in [1.82, 2.24) is 15.6 Å². The van der Waals surface area contributed by atoms with Crippen molar-refractivity contribution in [3.05, 3.63) is 0 Å². The van der Waals surface area contributed by atoms with Crippen molar-refractivity contribution in [2.75, 3.05) is 7.05 Å². The third-order valence-electron chi connectivity index (χ3n) is 1.92. The van der Waals surface area contributed by atoms with Crippen LogP contribution in [0.15, 0.2) is 5.10 Å². The number of carbonyl (C=O) groups is 3. The summed E-state index contributed by atoms with van der Waals surface area (Å²) in [5, 5.41) is 5.83. The molecule has 15 heavy (non-hydrogen) atoms. The zero-order valence-corrected chi connectivity index (χ0v) is 8.27. The number of primary amides is 1. The lowest BCUT2D eigenvalue weighted by Gasteiger charge is -2.14. The Morgan fingerprint density at radius 2 is 2.27 bits per heavy atom. The number of hydrogen-bond acceptors (Lipinski definition) is 4. The molecule has 0 aromatic carbocycles. The van der Waals surface area contributed by atoms with Gasteiger partial charge in [0.05, 0.1) is 6.21 Å². The van der Waals surface area contributed by atoms with Gasteiger partial charge in [-0.05, 0) is 6.92 Å². The molecule has 1 rings (SSSR count). The zero-order valence-electron chi connectivity index (χ0n) is 8.27. The van der Waals surface area contributed by atoms with Crippen molar-refractivity contribution in [2.45, 2.75) is 12.5 Å². The van der Waals surface area contributed by atoms with Gasteiger partial charge in [-0.1, -0.05) is 0 Å². The van der Waals surface area contributed by atoms with Crippen LogP contribution in [-0.4, -0.2) is 41.7 Å². The Bertz CT molecular complexity index is 353. The number of nitrogens with zero attached hydrogens (tertiary/aromatic N) is 2. The Labute approximate surface area is 85.5 Å². The lowest BCUT2D eigenvalue weighted by Crippen LogP contribution is -2.46. The van der Waals surface area contributed by atoms with E-state index in [2.05, 4.69) is 10.4 Å². The molecular formula is C7H11N5O3. The Hall–Kier alpha value is -2.12. The van der Waals surface area contributed by atoms with Gasteiger partial charge in [0.2, 0.25) is 0 Å². The summed E-state index contributed by atoms with van der Waals surface area (Å²) in [4.78, 5) is 33.9. The molecule has 82 valence electrons. The first-order valence-electron chi connectivity index (χ1n) is 4.07. The molecule has 0 aliphatic carbocycles. The number of carbonyl (C=O) groups excluding carboxylic acids is 3. The average molecular weight is 213 g/mol. The number of nitrogens with two attached hydrogens (primary N) is 1. The highest BCUT2D eigenvalue weighted by Gasteiger charge is 2.45. The summed E-state index contributed by atoms with van der Waals surface area (Å²) in [6.45, 7) is 1.46. The van der Waals surface area contributed by atoms with Crippen LogP contribution in [-0.2, 0) is 4.79 Å². The fourth-order valence-electron chi connectivity index (χ4n) is 1.11. The maximum Gasteiger partial charge on any atom is 0.332 e. The minimum Gasteiger partial charge on any atom is -0.350 e. The second-order valence-electron chi connectivity index (χ2n) is 3.23. The largest absolute Gasteiger partial charge is 0.350 e. The zero-order chi connectivity index (χ0) is 11.6. The molecule has 0 spiro atoms. The SMILES string of the molecule is CN1C(=O)N[C@@](C)(/C=N\NC(N)=O)C1=O. The van der Waals surface area contributed by atoms with Gasteiger partial charge in [-0.3, -0.25) is 9.69 Å². The molecule has 8 heteroatoms. The monoisotopic (exact) mass is 213 g/mol. The minimum atomic E-state index is -1.24. The van der Waals surface area contributed by atoms with E-state index in [1.54, 1.807) is 0 Å². The first-order chi connectivity index (χ1) is 6.87. The predicted octanol–water partition coefficient (Wildman–Crippen LogP) is -1.42. The summed E-state index contributed by atoms with van der Waals surface area (Å²) >= 11 is 0. The number of urea groups is 2. The molecule has 1 aliphatic heterocycles. The van der Waals surface area contributed by atoms with Crippen molar-refractivity contribution >= 4 is 24.2 Å². The van der Waals surface area contributed by atoms with Crippen LogP contribution in [0.1, 0.15) is 6.92 Å². The van der Waals surface area contributed by atoms with Crippen LogP contribution in [0.5, 0.6) is 0 Å². The van der Waals surface area contributed by atoms with Gasteiger partial charge in [0, 0.05) is 7.05 Å². The second kappa shape index (κ2) is 3.56. The van der Waals surface area contributed by atoms with Gasteiger partial charge in [-0.2, -0.15) is 5.10 Å². The molecule has 0 aromatic heterocycles. The molecule has 0 unspecified atom stereocenters. The van der Waals surface area contributed by atoms with E-state index >= 15 is 0 Å². The van der Waals surface area contributed by atoms with Crippen LogP contribution in [0.25, 0.3) is 0 Å². The fourth-order valence-corrected chi connectivity index (χ4v) is 1.11.